The monoisotopic (exact) mass is 272 g/mol. The summed E-state index contributed by atoms with van der Waals surface area (Å²) in [5.74, 6) is 0.616. The van der Waals surface area contributed by atoms with Crippen molar-refractivity contribution in [2.24, 2.45) is 0 Å². The Bertz CT molecular complexity index is 460. The smallest absolute Gasteiger partial charge is 0.232 e. The highest BCUT2D eigenvalue weighted by atomic mass is 32.2. The van der Waals surface area contributed by atoms with E-state index in [-0.39, 0.29) is 5.75 Å². The molecular weight excluding hydrogens is 252 g/mol. The number of para-hydroxylation sites is 2. The maximum absolute atomic E-state index is 11.8. The Labute approximate surface area is 109 Å². The van der Waals surface area contributed by atoms with Crippen LogP contribution in [0.3, 0.4) is 0 Å². The van der Waals surface area contributed by atoms with Crippen LogP contribution in [0.15, 0.2) is 24.3 Å². The zero-order valence-electron chi connectivity index (χ0n) is 10.8. The lowest BCUT2D eigenvalue weighted by atomic mass is 10.3. The summed E-state index contributed by atoms with van der Waals surface area (Å²) >= 11 is 0. The molecule has 0 saturated carbocycles. The van der Waals surface area contributed by atoms with Crippen LogP contribution in [-0.2, 0) is 10.0 Å². The normalized spacial score (nSPS) is 11.2. The Hall–Kier alpha value is -1.27. The molecule has 1 rings (SSSR count). The molecule has 0 amide bonds. The molecule has 0 aromatic heterocycles. The van der Waals surface area contributed by atoms with Gasteiger partial charge in [0, 0.05) is 0 Å². The number of sulfonamides is 1. The largest absolute Gasteiger partial charge is 0.495 e. The van der Waals surface area contributed by atoms with Crippen molar-refractivity contribution in [3.8, 4) is 5.75 Å². The molecule has 18 heavy (non-hydrogen) atoms. The topological polar surface area (TPSA) is 67.4 Å². The van der Waals surface area contributed by atoms with Gasteiger partial charge in [0.05, 0.1) is 18.6 Å². The molecule has 0 bridgehead atoms. The van der Waals surface area contributed by atoms with Gasteiger partial charge in [0.25, 0.3) is 0 Å². The molecule has 0 heterocycles. The number of hydrogen-bond acceptors (Lipinski definition) is 4. The van der Waals surface area contributed by atoms with Crippen molar-refractivity contribution in [2.75, 3.05) is 30.7 Å². The number of rotatable bonds is 8. The molecule has 0 radical (unpaired) electrons. The van der Waals surface area contributed by atoms with Crippen molar-refractivity contribution in [2.45, 2.75) is 13.3 Å². The third-order valence-corrected chi connectivity index (χ3v) is 3.75. The van der Waals surface area contributed by atoms with E-state index in [4.69, 9.17) is 4.74 Å². The molecule has 0 atom stereocenters. The molecule has 0 aliphatic heterocycles. The lowest BCUT2D eigenvalue weighted by Crippen LogP contribution is -2.22. The number of nitrogens with one attached hydrogen (secondary N) is 2. The SMILES string of the molecule is CCNCCCS(=O)(=O)Nc1ccccc1OC. The van der Waals surface area contributed by atoms with Gasteiger partial charge in [0.1, 0.15) is 5.75 Å². The Morgan fingerprint density at radius 1 is 1.28 bits per heavy atom. The Balaban J connectivity index is 2.59. The van der Waals surface area contributed by atoms with Crippen LogP contribution >= 0.6 is 0 Å². The second kappa shape index (κ2) is 7.23. The van der Waals surface area contributed by atoms with Gasteiger partial charge in [-0.1, -0.05) is 19.1 Å². The van der Waals surface area contributed by atoms with Crippen molar-refractivity contribution in [3.63, 3.8) is 0 Å². The fourth-order valence-electron chi connectivity index (χ4n) is 1.51. The highest BCUT2D eigenvalue weighted by Crippen LogP contribution is 2.24. The van der Waals surface area contributed by atoms with Crippen LogP contribution in [0.1, 0.15) is 13.3 Å². The highest BCUT2D eigenvalue weighted by molar-refractivity contribution is 7.92. The first-order valence-corrected chi connectivity index (χ1v) is 7.58. The minimum atomic E-state index is -3.32. The van der Waals surface area contributed by atoms with E-state index >= 15 is 0 Å². The fourth-order valence-corrected chi connectivity index (χ4v) is 2.64. The molecule has 0 aliphatic rings. The van der Waals surface area contributed by atoms with E-state index in [9.17, 15) is 8.42 Å². The summed E-state index contributed by atoms with van der Waals surface area (Å²) in [7, 11) is -1.81. The number of ether oxygens (including phenoxy) is 1. The van der Waals surface area contributed by atoms with E-state index in [1.54, 1.807) is 24.3 Å². The zero-order chi connectivity index (χ0) is 13.4. The van der Waals surface area contributed by atoms with E-state index in [2.05, 4.69) is 10.0 Å². The summed E-state index contributed by atoms with van der Waals surface area (Å²) in [5, 5.41) is 3.09. The predicted molar refractivity (Wildman–Crippen MR) is 73.6 cm³/mol. The van der Waals surface area contributed by atoms with Crippen LogP contribution in [0.2, 0.25) is 0 Å². The average Bonchev–Trinajstić information content (AvgIpc) is 2.35. The molecular formula is C12H20N2O3S. The molecule has 5 nitrogen and oxygen atoms in total. The van der Waals surface area contributed by atoms with Gasteiger partial charge < -0.3 is 10.1 Å². The van der Waals surface area contributed by atoms with Crippen LogP contribution in [0.4, 0.5) is 5.69 Å². The van der Waals surface area contributed by atoms with Gasteiger partial charge in [0.2, 0.25) is 10.0 Å². The standard InChI is InChI=1S/C12H20N2O3S/c1-3-13-9-6-10-18(15,16)14-11-7-4-5-8-12(11)17-2/h4-5,7-8,13-14H,3,6,9-10H2,1-2H3. The van der Waals surface area contributed by atoms with Crippen molar-refractivity contribution < 1.29 is 13.2 Å². The first kappa shape index (κ1) is 14.8. The minimum Gasteiger partial charge on any atom is -0.495 e. The molecule has 0 unspecified atom stereocenters. The van der Waals surface area contributed by atoms with Crippen molar-refractivity contribution in [1.82, 2.24) is 5.32 Å². The molecule has 2 N–H and O–H groups in total. The molecule has 0 saturated heterocycles. The van der Waals surface area contributed by atoms with Gasteiger partial charge >= 0.3 is 0 Å². The Morgan fingerprint density at radius 2 is 2.00 bits per heavy atom. The molecule has 0 spiro atoms. The molecule has 1 aromatic rings. The van der Waals surface area contributed by atoms with Gasteiger partial charge in [-0.15, -0.1) is 0 Å². The molecule has 1 aromatic carbocycles. The first-order chi connectivity index (χ1) is 8.59. The van der Waals surface area contributed by atoms with Crippen molar-refractivity contribution in [1.29, 1.82) is 0 Å². The summed E-state index contributed by atoms with van der Waals surface area (Å²) in [6.07, 6.45) is 0.582. The number of hydrogen-bond donors (Lipinski definition) is 2. The van der Waals surface area contributed by atoms with Gasteiger partial charge in [-0.25, -0.2) is 8.42 Å². The first-order valence-electron chi connectivity index (χ1n) is 5.93. The second-order valence-corrected chi connectivity index (χ2v) is 5.67. The summed E-state index contributed by atoms with van der Waals surface area (Å²) in [6, 6.07) is 6.96. The van der Waals surface area contributed by atoms with Crippen LogP contribution in [0.5, 0.6) is 5.75 Å². The highest BCUT2D eigenvalue weighted by Gasteiger charge is 2.12. The number of anilines is 1. The summed E-state index contributed by atoms with van der Waals surface area (Å²) in [6.45, 7) is 3.53. The van der Waals surface area contributed by atoms with Gasteiger partial charge in [-0.3, -0.25) is 4.72 Å². The summed E-state index contributed by atoms with van der Waals surface area (Å²) in [5.41, 5.74) is 0.475. The van der Waals surface area contributed by atoms with Gasteiger partial charge in [0.15, 0.2) is 0 Å². The molecule has 102 valence electrons. The van der Waals surface area contributed by atoms with Gasteiger partial charge in [-0.05, 0) is 31.6 Å². The van der Waals surface area contributed by atoms with Crippen molar-refractivity contribution in [3.05, 3.63) is 24.3 Å². The summed E-state index contributed by atoms with van der Waals surface area (Å²) < 4.78 is 31.3. The summed E-state index contributed by atoms with van der Waals surface area (Å²) in [4.78, 5) is 0. The van der Waals surface area contributed by atoms with E-state index in [0.717, 1.165) is 6.54 Å². The molecule has 0 aliphatic carbocycles. The minimum absolute atomic E-state index is 0.0953. The van der Waals surface area contributed by atoms with Gasteiger partial charge in [-0.2, -0.15) is 0 Å². The fraction of sp³-hybridized carbons (Fsp3) is 0.500. The van der Waals surface area contributed by atoms with Crippen LogP contribution in [0, 0.1) is 0 Å². The zero-order valence-corrected chi connectivity index (χ0v) is 11.6. The maximum atomic E-state index is 11.8. The van der Waals surface area contributed by atoms with Crippen LogP contribution < -0.4 is 14.8 Å². The van der Waals surface area contributed by atoms with E-state index in [0.29, 0.717) is 24.4 Å². The van der Waals surface area contributed by atoms with E-state index < -0.39 is 10.0 Å². The average molecular weight is 272 g/mol. The number of methoxy groups -OCH3 is 1. The second-order valence-electron chi connectivity index (χ2n) is 3.83. The maximum Gasteiger partial charge on any atom is 0.232 e. The lowest BCUT2D eigenvalue weighted by Gasteiger charge is -2.11. The van der Waals surface area contributed by atoms with Crippen molar-refractivity contribution >= 4 is 15.7 Å². The third kappa shape index (κ3) is 4.93. The quantitative estimate of drug-likeness (QED) is 0.703. The Morgan fingerprint density at radius 3 is 2.67 bits per heavy atom. The molecule has 0 fully saturated rings. The van der Waals surface area contributed by atoms with Crippen LogP contribution in [-0.4, -0.2) is 34.4 Å². The Kier molecular flexibility index (Phi) is 5.94. The molecule has 6 heteroatoms. The predicted octanol–water partition coefficient (Wildman–Crippen LogP) is 1.44. The van der Waals surface area contributed by atoms with Crippen LogP contribution in [0.25, 0.3) is 0 Å². The van der Waals surface area contributed by atoms with E-state index in [1.165, 1.54) is 7.11 Å². The lowest BCUT2D eigenvalue weighted by molar-refractivity contribution is 0.417. The van der Waals surface area contributed by atoms with E-state index in [1.807, 2.05) is 6.92 Å². The third-order valence-electron chi connectivity index (χ3n) is 2.39. The number of benzene rings is 1.